The minimum absolute atomic E-state index is 0.527. The summed E-state index contributed by atoms with van der Waals surface area (Å²) >= 11 is 6.19. The molecule has 0 saturated heterocycles. The predicted molar refractivity (Wildman–Crippen MR) is 66.7 cm³/mol. The van der Waals surface area contributed by atoms with Crippen LogP contribution in [0.4, 0.5) is 0 Å². The van der Waals surface area contributed by atoms with E-state index in [9.17, 15) is 0 Å². The Kier molecular flexibility index (Phi) is 2.92. The summed E-state index contributed by atoms with van der Waals surface area (Å²) < 4.78 is 0. The lowest BCUT2D eigenvalue weighted by atomic mass is 10.0. The highest BCUT2D eigenvalue weighted by Crippen LogP contribution is 2.30. The summed E-state index contributed by atoms with van der Waals surface area (Å²) in [5.74, 6) is 0.708. The molecule has 0 aliphatic heterocycles. The monoisotopic (exact) mass is 232 g/mol. The summed E-state index contributed by atoms with van der Waals surface area (Å²) in [4.78, 5) is 8.56. The van der Waals surface area contributed by atoms with Crippen molar-refractivity contribution >= 4 is 11.6 Å². The zero-order valence-corrected chi connectivity index (χ0v) is 10.3. The maximum Gasteiger partial charge on any atom is 0.140 e. The SMILES string of the molecule is Cc1nc(C)c(-c2ccccc2C)c(Cl)n1. The Morgan fingerprint density at radius 3 is 2.31 bits per heavy atom. The van der Waals surface area contributed by atoms with Crippen LogP contribution in [-0.2, 0) is 0 Å². The van der Waals surface area contributed by atoms with Crippen molar-refractivity contribution in [2.45, 2.75) is 20.8 Å². The van der Waals surface area contributed by atoms with Crippen molar-refractivity contribution in [3.63, 3.8) is 0 Å². The first-order valence-electron chi connectivity index (χ1n) is 5.16. The van der Waals surface area contributed by atoms with Gasteiger partial charge in [-0.3, -0.25) is 0 Å². The summed E-state index contributed by atoms with van der Waals surface area (Å²) in [6.45, 7) is 5.87. The Morgan fingerprint density at radius 1 is 1.00 bits per heavy atom. The Balaban J connectivity index is 2.70. The van der Waals surface area contributed by atoms with Crippen LogP contribution in [0.15, 0.2) is 24.3 Å². The Labute approximate surface area is 100 Å². The van der Waals surface area contributed by atoms with E-state index in [1.165, 1.54) is 5.56 Å². The van der Waals surface area contributed by atoms with Gasteiger partial charge in [0.15, 0.2) is 0 Å². The Bertz CT molecular complexity index is 512. The lowest BCUT2D eigenvalue weighted by molar-refractivity contribution is 1.01. The van der Waals surface area contributed by atoms with Crippen LogP contribution in [0.3, 0.4) is 0 Å². The number of benzene rings is 1. The van der Waals surface area contributed by atoms with Crippen molar-refractivity contribution in [1.82, 2.24) is 9.97 Å². The van der Waals surface area contributed by atoms with Crippen molar-refractivity contribution in [3.8, 4) is 11.1 Å². The van der Waals surface area contributed by atoms with Gasteiger partial charge in [-0.1, -0.05) is 35.9 Å². The van der Waals surface area contributed by atoms with Crippen LogP contribution in [0.5, 0.6) is 0 Å². The smallest absolute Gasteiger partial charge is 0.140 e. The third-order valence-electron chi connectivity index (χ3n) is 2.57. The average Bonchev–Trinajstić information content (AvgIpc) is 2.19. The molecule has 82 valence electrons. The highest BCUT2D eigenvalue weighted by atomic mass is 35.5. The van der Waals surface area contributed by atoms with E-state index in [1.54, 1.807) is 0 Å². The first kappa shape index (κ1) is 11.1. The minimum Gasteiger partial charge on any atom is -0.238 e. The summed E-state index contributed by atoms with van der Waals surface area (Å²) in [7, 11) is 0. The highest BCUT2D eigenvalue weighted by Gasteiger charge is 2.11. The molecule has 2 rings (SSSR count). The minimum atomic E-state index is 0.527. The van der Waals surface area contributed by atoms with E-state index in [0.29, 0.717) is 11.0 Å². The highest BCUT2D eigenvalue weighted by molar-refractivity contribution is 6.32. The molecule has 2 nitrogen and oxygen atoms in total. The summed E-state index contributed by atoms with van der Waals surface area (Å²) in [6.07, 6.45) is 0. The maximum absolute atomic E-state index is 6.19. The number of aromatic nitrogens is 2. The number of hydrogen-bond donors (Lipinski definition) is 0. The van der Waals surface area contributed by atoms with Crippen molar-refractivity contribution in [2.24, 2.45) is 0 Å². The molecule has 0 N–H and O–H groups in total. The molecular weight excluding hydrogens is 220 g/mol. The van der Waals surface area contributed by atoms with Gasteiger partial charge in [-0.25, -0.2) is 9.97 Å². The van der Waals surface area contributed by atoms with E-state index >= 15 is 0 Å². The van der Waals surface area contributed by atoms with Gasteiger partial charge in [0.25, 0.3) is 0 Å². The molecule has 0 radical (unpaired) electrons. The fourth-order valence-electron chi connectivity index (χ4n) is 1.83. The van der Waals surface area contributed by atoms with Gasteiger partial charge in [0.05, 0.1) is 5.69 Å². The molecule has 0 bridgehead atoms. The molecule has 3 heteroatoms. The van der Waals surface area contributed by atoms with Crippen LogP contribution in [-0.4, -0.2) is 9.97 Å². The number of halogens is 1. The molecule has 1 aromatic heterocycles. The van der Waals surface area contributed by atoms with E-state index in [-0.39, 0.29) is 0 Å². The predicted octanol–water partition coefficient (Wildman–Crippen LogP) is 3.72. The van der Waals surface area contributed by atoms with E-state index in [4.69, 9.17) is 11.6 Å². The topological polar surface area (TPSA) is 25.8 Å². The molecule has 0 atom stereocenters. The van der Waals surface area contributed by atoms with Crippen LogP contribution in [0.1, 0.15) is 17.1 Å². The van der Waals surface area contributed by atoms with Crippen LogP contribution >= 0.6 is 11.6 Å². The fourth-order valence-corrected chi connectivity index (χ4v) is 2.19. The number of nitrogens with zero attached hydrogens (tertiary/aromatic N) is 2. The number of rotatable bonds is 1. The van der Waals surface area contributed by atoms with E-state index in [2.05, 4.69) is 23.0 Å². The number of aryl methyl sites for hydroxylation is 3. The van der Waals surface area contributed by atoms with Crippen LogP contribution < -0.4 is 0 Å². The molecule has 0 amide bonds. The third kappa shape index (κ3) is 1.93. The van der Waals surface area contributed by atoms with Gasteiger partial charge < -0.3 is 0 Å². The molecule has 1 heterocycles. The van der Waals surface area contributed by atoms with Gasteiger partial charge >= 0.3 is 0 Å². The molecule has 2 aromatic rings. The van der Waals surface area contributed by atoms with Gasteiger partial charge in [0.2, 0.25) is 0 Å². The largest absolute Gasteiger partial charge is 0.238 e. The lowest BCUT2D eigenvalue weighted by Crippen LogP contribution is -1.97. The third-order valence-corrected chi connectivity index (χ3v) is 2.85. The van der Waals surface area contributed by atoms with Crippen LogP contribution in [0.25, 0.3) is 11.1 Å². The second-order valence-electron chi connectivity index (χ2n) is 3.84. The van der Waals surface area contributed by atoms with Crippen LogP contribution in [0.2, 0.25) is 5.15 Å². The summed E-state index contributed by atoms with van der Waals surface area (Å²) in [5, 5.41) is 0.527. The summed E-state index contributed by atoms with van der Waals surface area (Å²) in [6, 6.07) is 8.11. The quantitative estimate of drug-likeness (QED) is 0.701. The molecule has 0 saturated carbocycles. The normalized spacial score (nSPS) is 10.5. The maximum atomic E-state index is 6.19. The molecule has 0 unspecified atom stereocenters. The van der Waals surface area contributed by atoms with Crippen molar-refractivity contribution in [2.75, 3.05) is 0 Å². The van der Waals surface area contributed by atoms with Crippen LogP contribution in [0, 0.1) is 20.8 Å². The lowest BCUT2D eigenvalue weighted by Gasteiger charge is -2.10. The molecular formula is C13H13ClN2. The van der Waals surface area contributed by atoms with Gasteiger partial charge in [-0.2, -0.15) is 0 Å². The Hall–Kier alpha value is -1.41. The van der Waals surface area contributed by atoms with E-state index < -0.39 is 0 Å². The van der Waals surface area contributed by atoms with Crippen molar-refractivity contribution in [3.05, 3.63) is 46.5 Å². The molecule has 1 aromatic carbocycles. The number of hydrogen-bond acceptors (Lipinski definition) is 2. The van der Waals surface area contributed by atoms with E-state index in [1.807, 2.05) is 32.0 Å². The average molecular weight is 233 g/mol. The van der Waals surface area contributed by atoms with Gasteiger partial charge in [-0.15, -0.1) is 0 Å². The fraction of sp³-hybridized carbons (Fsp3) is 0.231. The first-order valence-corrected chi connectivity index (χ1v) is 5.54. The van der Waals surface area contributed by atoms with Gasteiger partial charge in [-0.05, 0) is 31.9 Å². The molecule has 16 heavy (non-hydrogen) atoms. The zero-order chi connectivity index (χ0) is 11.7. The standard InChI is InChI=1S/C13H13ClN2/c1-8-6-4-5-7-11(8)12-9(2)15-10(3)16-13(12)14/h4-7H,1-3H3. The van der Waals surface area contributed by atoms with Gasteiger partial charge in [0, 0.05) is 5.56 Å². The second kappa shape index (κ2) is 4.22. The molecule has 0 fully saturated rings. The molecule has 0 aliphatic rings. The van der Waals surface area contributed by atoms with E-state index in [0.717, 1.165) is 16.8 Å². The first-order chi connectivity index (χ1) is 7.59. The zero-order valence-electron chi connectivity index (χ0n) is 9.58. The van der Waals surface area contributed by atoms with Crippen molar-refractivity contribution < 1.29 is 0 Å². The Morgan fingerprint density at radius 2 is 1.69 bits per heavy atom. The molecule has 0 spiro atoms. The summed E-state index contributed by atoms with van der Waals surface area (Å²) in [5.41, 5.74) is 4.14. The second-order valence-corrected chi connectivity index (χ2v) is 4.19. The van der Waals surface area contributed by atoms with Crippen molar-refractivity contribution in [1.29, 1.82) is 0 Å². The van der Waals surface area contributed by atoms with Gasteiger partial charge in [0.1, 0.15) is 11.0 Å². The molecule has 0 aliphatic carbocycles.